The molecule has 1 saturated heterocycles. The molecule has 0 aromatic rings. The first-order valence-corrected chi connectivity index (χ1v) is 6.13. The molecule has 1 amide bonds. The van der Waals surface area contributed by atoms with Crippen molar-refractivity contribution in [3.8, 4) is 0 Å². The number of likely N-dealkylation sites (tertiary alicyclic amines) is 1. The zero-order valence-corrected chi connectivity index (χ0v) is 10.9. The first-order chi connectivity index (χ1) is 7.83. The fourth-order valence-corrected chi connectivity index (χ4v) is 1.99. The standard InChI is InChI=1S/C12H23FN2O2/c1-12(2,3)17-11(16)15-7-5-10(14)9(8-15)4-6-13/h9-10H,4-8,14H2,1-3H3. The Kier molecular flexibility index (Phi) is 4.74. The van der Waals surface area contributed by atoms with Crippen LogP contribution >= 0.6 is 0 Å². The van der Waals surface area contributed by atoms with Gasteiger partial charge in [0.2, 0.25) is 0 Å². The van der Waals surface area contributed by atoms with Crippen LogP contribution in [0.4, 0.5) is 9.18 Å². The largest absolute Gasteiger partial charge is 0.444 e. The predicted molar refractivity (Wildman–Crippen MR) is 64.5 cm³/mol. The number of hydrogen-bond donors (Lipinski definition) is 1. The lowest BCUT2D eigenvalue weighted by molar-refractivity contribution is 0.0139. The van der Waals surface area contributed by atoms with Gasteiger partial charge in [0, 0.05) is 19.1 Å². The Balaban J connectivity index is 2.52. The van der Waals surface area contributed by atoms with E-state index in [-0.39, 0.29) is 24.7 Å². The van der Waals surface area contributed by atoms with E-state index in [0.717, 1.165) is 0 Å². The molecule has 1 aliphatic heterocycles. The highest BCUT2D eigenvalue weighted by molar-refractivity contribution is 5.68. The van der Waals surface area contributed by atoms with E-state index in [9.17, 15) is 9.18 Å². The molecular weight excluding hydrogens is 223 g/mol. The SMILES string of the molecule is CC(C)(C)OC(=O)N1CCC(N)C(CCF)C1. The van der Waals surface area contributed by atoms with Crippen LogP contribution in [0.5, 0.6) is 0 Å². The number of piperidine rings is 1. The Morgan fingerprint density at radius 3 is 2.71 bits per heavy atom. The summed E-state index contributed by atoms with van der Waals surface area (Å²) in [5.74, 6) is 0.0428. The van der Waals surface area contributed by atoms with E-state index >= 15 is 0 Å². The Morgan fingerprint density at radius 2 is 2.18 bits per heavy atom. The number of rotatable bonds is 2. The molecule has 2 N–H and O–H groups in total. The van der Waals surface area contributed by atoms with Crippen LogP contribution in [0, 0.1) is 5.92 Å². The summed E-state index contributed by atoms with van der Waals surface area (Å²) >= 11 is 0. The van der Waals surface area contributed by atoms with Crippen molar-refractivity contribution >= 4 is 6.09 Å². The molecule has 1 fully saturated rings. The number of carbonyl (C=O) groups is 1. The quantitative estimate of drug-likeness (QED) is 0.810. The van der Waals surface area contributed by atoms with E-state index in [1.807, 2.05) is 20.8 Å². The highest BCUT2D eigenvalue weighted by atomic mass is 19.1. The minimum absolute atomic E-state index is 0.00978. The molecule has 1 aliphatic rings. The van der Waals surface area contributed by atoms with E-state index in [4.69, 9.17) is 10.5 Å². The number of hydrogen-bond acceptors (Lipinski definition) is 3. The van der Waals surface area contributed by atoms with Crippen molar-refractivity contribution in [3.63, 3.8) is 0 Å². The van der Waals surface area contributed by atoms with Gasteiger partial charge in [0.1, 0.15) is 5.60 Å². The summed E-state index contributed by atoms with van der Waals surface area (Å²) in [7, 11) is 0. The van der Waals surface area contributed by atoms with Gasteiger partial charge in [-0.25, -0.2) is 4.79 Å². The van der Waals surface area contributed by atoms with Gasteiger partial charge in [-0.05, 0) is 39.5 Å². The van der Waals surface area contributed by atoms with Crippen molar-refractivity contribution in [2.75, 3.05) is 19.8 Å². The molecule has 0 aromatic heterocycles. The van der Waals surface area contributed by atoms with Gasteiger partial charge in [-0.2, -0.15) is 0 Å². The molecule has 5 heteroatoms. The molecule has 0 spiro atoms. The number of alkyl halides is 1. The van der Waals surface area contributed by atoms with Gasteiger partial charge in [-0.3, -0.25) is 4.39 Å². The maximum Gasteiger partial charge on any atom is 0.410 e. The van der Waals surface area contributed by atoms with E-state index in [1.54, 1.807) is 4.90 Å². The Bertz CT molecular complexity index is 266. The summed E-state index contributed by atoms with van der Waals surface area (Å²) in [5, 5.41) is 0. The summed E-state index contributed by atoms with van der Waals surface area (Å²) < 4.78 is 17.7. The Hall–Kier alpha value is -0.840. The maximum atomic E-state index is 12.4. The molecule has 1 heterocycles. The monoisotopic (exact) mass is 246 g/mol. The van der Waals surface area contributed by atoms with Crippen molar-refractivity contribution in [3.05, 3.63) is 0 Å². The van der Waals surface area contributed by atoms with Crippen LogP contribution in [0.3, 0.4) is 0 Å². The second kappa shape index (κ2) is 5.67. The topological polar surface area (TPSA) is 55.6 Å². The molecule has 1 rings (SSSR count). The molecule has 2 atom stereocenters. The molecule has 100 valence electrons. The molecule has 17 heavy (non-hydrogen) atoms. The van der Waals surface area contributed by atoms with Gasteiger partial charge in [0.25, 0.3) is 0 Å². The lowest BCUT2D eigenvalue weighted by atomic mass is 9.91. The predicted octanol–water partition coefficient (Wildman–Crippen LogP) is 1.93. The number of nitrogens with two attached hydrogens (primary N) is 1. The summed E-state index contributed by atoms with van der Waals surface area (Å²) in [5.41, 5.74) is 5.42. The summed E-state index contributed by atoms with van der Waals surface area (Å²) in [6.07, 6.45) is 0.804. The third kappa shape index (κ3) is 4.50. The zero-order valence-electron chi connectivity index (χ0n) is 10.9. The highest BCUT2D eigenvalue weighted by Gasteiger charge is 2.31. The van der Waals surface area contributed by atoms with Crippen molar-refractivity contribution in [1.82, 2.24) is 4.90 Å². The minimum Gasteiger partial charge on any atom is -0.444 e. The molecule has 4 nitrogen and oxygen atoms in total. The number of carbonyl (C=O) groups excluding carboxylic acids is 1. The van der Waals surface area contributed by atoms with Crippen LogP contribution in [-0.2, 0) is 4.74 Å². The maximum absolute atomic E-state index is 12.4. The van der Waals surface area contributed by atoms with Crippen LogP contribution in [0.15, 0.2) is 0 Å². The Morgan fingerprint density at radius 1 is 1.53 bits per heavy atom. The molecular formula is C12H23FN2O2. The molecule has 0 saturated carbocycles. The fraction of sp³-hybridized carbons (Fsp3) is 0.917. The van der Waals surface area contributed by atoms with E-state index in [2.05, 4.69) is 0 Å². The molecule has 2 unspecified atom stereocenters. The van der Waals surface area contributed by atoms with E-state index in [0.29, 0.717) is 25.9 Å². The molecule has 0 aromatic carbocycles. The number of halogens is 1. The molecule has 0 bridgehead atoms. The van der Waals surface area contributed by atoms with Crippen LogP contribution < -0.4 is 5.73 Å². The number of nitrogens with zero attached hydrogens (tertiary/aromatic N) is 1. The van der Waals surface area contributed by atoms with Gasteiger partial charge < -0.3 is 15.4 Å². The van der Waals surface area contributed by atoms with Gasteiger partial charge in [0.15, 0.2) is 0 Å². The normalized spacial score (nSPS) is 25.8. The second-order valence-electron chi connectivity index (χ2n) is 5.62. The van der Waals surface area contributed by atoms with Crippen LogP contribution in [0.1, 0.15) is 33.6 Å². The van der Waals surface area contributed by atoms with Gasteiger partial charge >= 0.3 is 6.09 Å². The zero-order chi connectivity index (χ0) is 13.1. The van der Waals surface area contributed by atoms with E-state index in [1.165, 1.54) is 0 Å². The number of ether oxygens (including phenoxy) is 1. The Labute approximate surface area is 102 Å². The second-order valence-corrected chi connectivity index (χ2v) is 5.62. The first-order valence-electron chi connectivity index (χ1n) is 6.13. The molecule has 0 radical (unpaired) electrons. The van der Waals surface area contributed by atoms with Crippen LogP contribution in [0.25, 0.3) is 0 Å². The lowest BCUT2D eigenvalue weighted by Gasteiger charge is -2.37. The first kappa shape index (κ1) is 14.2. The molecule has 0 aliphatic carbocycles. The van der Waals surface area contributed by atoms with Gasteiger partial charge in [0.05, 0.1) is 6.67 Å². The van der Waals surface area contributed by atoms with Crippen LogP contribution in [0.2, 0.25) is 0 Å². The third-order valence-corrected chi connectivity index (χ3v) is 2.92. The fourth-order valence-electron chi connectivity index (χ4n) is 1.99. The highest BCUT2D eigenvalue weighted by Crippen LogP contribution is 2.21. The summed E-state index contributed by atoms with van der Waals surface area (Å²) in [6.45, 7) is 6.21. The van der Waals surface area contributed by atoms with Gasteiger partial charge in [-0.15, -0.1) is 0 Å². The average molecular weight is 246 g/mol. The smallest absolute Gasteiger partial charge is 0.410 e. The minimum atomic E-state index is -0.494. The lowest BCUT2D eigenvalue weighted by Crippen LogP contribution is -2.50. The van der Waals surface area contributed by atoms with Crippen molar-refractivity contribution < 1.29 is 13.9 Å². The van der Waals surface area contributed by atoms with Crippen molar-refractivity contribution in [2.24, 2.45) is 11.7 Å². The average Bonchev–Trinajstić information content (AvgIpc) is 2.19. The number of amides is 1. The summed E-state index contributed by atoms with van der Waals surface area (Å²) in [4.78, 5) is 13.5. The third-order valence-electron chi connectivity index (χ3n) is 2.92. The van der Waals surface area contributed by atoms with E-state index < -0.39 is 5.60 Å². The summed E-state index contributed by atoms with van der Waals surface area (Å²) in [6, 6.07) is -0.00978. The van der Waals surface area contributed by atoms with Crippen molar-refractivity contribution in [2.45, 2.75) is 45.3 Å². The van der Waals surface area contributed by atoms with Crippen LogP contribution in [-0.4, -0.2) is 42.4 Å². The van der Waals surface area contributed by atoms with Gasteiger partial charge in [-0.1, -0.05) is 0 Å². The van der Waals surface area contributed by atoms with Crippen molar-refractivity contribution in [1.29, 1.82) is 0 Å².